The van der Waals surface area contributed by atoms with E-state index in [0.717, 1.165) is 87.5 Å². The Morgan fingerprint density at radius 3 is 1.35 bits per heavy atom. The van der Waals surface area contributed by atoms with Gasteiger partial charge < -0.3 is 0 Å². The molecule has 0 amide bonds. The van der Waals surface area contributed by atoms with Crippen LogP contribution >= 0.6 is 0 Å². The van der Waals surface area contributed by atoms with E-state index in [-0.39, 0.29) is 124 Å². The fourth-order valence-electron chi connectivity index (χ4n) is 13.6. The molecule has 15 heteroatoms. The molecule has 10 nitrogen and oxygen atoms in total. The predicted octanol–water partition coefficient (Wildman–Crippen LogP) is 21.8. The van der Waals surface area contributed by atoms with Crippen LogP contribution in [0.15, 0.2) is 159 Å². The summed E-state index contributed by atoms with van der Waals surface area (Å²) in [6.07, 6.45) is 11.6. The van der Waals surface area contributed by atoms with Gasteiger partial charge in [-0.2, -0.15) is 11.5 Å². The fraction of sp³-hybridized carbons (Fsp3) is 0.326. The molecule has 0 aliphatic rings. The van der Waals surface area contributed by atoms with Crippen LogP contribution in [-0.2, 0) is 118 Å². The Morgan fingerprint density at radius 1 is 0.347 bits per heavy atom. The van der Waals surface area contributed by atoms with Gasteiger partial charge in [0, 0.05) is 139 Å². The number of nitrogens with zero attached hydrogens (tertiary/aromatic N) is 10. The Labute approximate surface area is 647 Å². The van der Waals surface area contributed by atoms with Crippen LogP contribution in [0, 0.1) is 30.1 Å². The summed E-state index contributed by atoms with van der Waals surface area (Å²) in [5, 5.41) is 32.6. The number of hydrogen-bond donors (Lipinski definition) is 0. The first-order chi connectivity index (χ1) is 45.4. The molecule has 0 aliphatic carbocycles. The number of halogens is 1. The second-order valence-electron chi connectivity index (χ2n) is 33.5. The number of hydrogen-bond acceptors (Lipinski definition) is 6. The minimum atomic E-state index is -0.268. The first-order valence-electron chi connectivity index (χ1n) is 33.9. The van der Waals surface area contributed by atoms with Gasteiger partial charge in [-0.15, -0.1) is 110 Å². The predicted molar refractivity (Wildman–Crippen MR) is 403 cm³/mol. The summed E-state index contributed by atoms with van der Waals surface area (Å²) in [6, 6.07) is 54.5. The molecule has 0 bridgehead atoms. The molecule has 7 aromatic carbocycles. The van der Waals surface area contributed by atoms with E-state index >= 15 is 0 Å². The van der Waals surface area contributed by atoms with Gasteiger partial charge >= 0.3 is 0 Å². The van der Waals surface area contributed by atoms with Gasteiger partial charge in [0.1, 0.15) is 0 Å². The maximum Gasteiger partial charge on any atom is 0.152 e. The van der Waals surface area contributed by atoms with Crippen LogP contribution in [0.1, 0.15) is 184 Å². The average molecular weight is 2050 g/mol. The van der Waals surface area contributed by atoms with Crippen molar-refractivity contribution < 1.29 is 84.8 Å². The van der Waals surface area contributed by atoms with Crippen molar-refractivity contribution in [1.29, 1.82) is 0 Å². The standard InChI is InChI=1S/C27H33N2.C22H24N3.C19H16FN2.C18H16N3.4Ir/c1-25(2,3)18-10-11-20-17(14-18)15-21(27(7,8)9)23-22-16-19(26(4,5)6)12-13-29(22)28-24(20)23;1-21(2,3)16-13-15-14(10-11-23-20(15)22(4,5)6)19-18(16)17-9-7-8-12-25(17)24-19;1-19(2,3)15-11-12-10-13(20)7-8-14(12)18-17(15)16-6-4-5-9-22(16)21-18;1-18(2,3)14-11-12-7-4-5-8-13(12)16-15(14)17-19-9-6-10-21(17)20-16;;;;/h10,12-16H,1-9H3;7-9,11-13H,1-6H3;4-7,9-11H,1-3H3;4-7,9-11H,1-3H3;;;;/q4*-1;;;;. The SMILES string of the molecule is CC(C)(C)c1c[c-]c2c(c1)cc(C(C)(C)C)c1c2nn2ccc(C(C)(C)C)cc12.CC(C)(C)c1cc2cc(F)c[c-]c2c2nn3ccccc3c12.CC(C)(C)c1cc2ccc[c-]c2c2nn3cccnc3c12.CC(C)(C)c1nc[c-]c2c1cc(C(C)(C)C)c1c2nn2ccccc12.[Ir].[Ir].[Ir].[Ir]. The second kappa shape index (κ2) is 28.2. The average Bonchev–Trinajstić information content (AvgIpc) is 1.66. The Hall–Kier alpha value is -7.01. The first kappa shape index (κ1) is 78.1. The molecule has 9 heterocycles. The van der Waals surface area contributed by atoms with Crippen molar-refractivity contribution in [2.24, 2.45) is 0 Å². The van der Waals surface area contributed by atoms with Gasteiger partial charge in [0.15, 0.2) is 5.65 Å². The molecule has 16 aromatic rings. The molecule has 0 fully saturated rings. The van der Waals surface area contributed by atoms with Gasteiger partial charge in [-0.25, -0.2) is 38.9 Å². The first-order valence-corrected chi connectivity index (χ1v) is 33.9. The van der Waals surface area contributed by atoms with Gasteiger partial charge in [-0.05, 0) is 136 Å². The molecule has 0 spiro atoms. The molecular weight excluding hydrogens is 1960 g/mol. The zero-order chi connectivity index (χ0) is 69.4. The monoisotopic (exact) mass is 2050 g/mol. The Bertz CT molecular complexity index is 5790. The summed E-state index contributed by atoms with van der Waals surface area (Å²) in [6.45, 7) is 47.0. The van der Waals surface area contributed by atoms with Crippen LogP contribution in [0.2, 0.25) is 0 Å². The summed E-state index contributed by atoms with van der Waals surface area (Å²) in [7, 11) is 0. The number of pyridine rings is 4. The van der Waals surface area contributed by atoms with Crippen molar-refractivity contribution in [1.82, 2.24) is 48.4 Å². The summed E-state index contributed by atoms with van der Waals surface area (Å²) >= 11 is 0. The number of aromatic nitrogens is 10. The van der Waals surface area contributed by atoms with Gasteiger partial charge in [-0.3, -0.25) is 13.9 Å². The van der Waals surface area contributed by atoms with Crippen molar-refractivity contribution in [3.8, 4) is 0 Å². The van der Waals surface area contributed by atoms with Crippen LogP contribution in [0.25, 0.3) is 109 Å². The zero-order valence-electron chi connectivity index (χ0n) is 61.7. The Balaban J connectivity index is 0.000000156. The minimum absolute atomic E-state index is 0. The van der Waals surface area contributed by atoms with Crippen molar-refractivity contribution in [2.45, 2.75) is 183 Å². The van der Waals surface area contributed by atoms with Gasteiger partial charge in [0.2, 0.25) is 0 Å². The van der Waals surface area contributed by atoms with E-state index in [2.05, 4.69) is 259 Å². The third-order valence-corrected chi connectivity index (χ3v) is 18.7. The van der Waals surface area contributed by atoms with Crippen LogP contribution in [0.4, 0.5) is 4.39 Å². The molecule has 101 heavy (non-hydrogen) atoms. The third kappa shape index (κ3) is 14.8. The summed E-state index contributed by atoms with van der Waals surface area (Å²) in [5.41, 5.74) is 17.3. The minimum Gasteiger partial charge on any atom is -0.287 e. The smallest absolute Gasteiger partial charge is 0.152 e. The molecule has 9 aromatic heterocycles. The van der Waals surface area contributed by atoms with Crippen LogP contribution < -0.4 is 0 Å². The topological polar surface area (TPSA) is 95.0 Å². The number of benzene rings is 7. The molecule has 530 valence electrons. The van der Waals surface area contributed by atoms with E-state index in [1.165, 1.54) is 66.5 Å². The van der Waals surface area contributed by atoms with Gasteiger partial charge in [0.05, 0.1) is 16.6 Å². The van der Waals surface area contributed by atoms with Crippen molar-refractivity contribution in [3.05, 3.63) is 228 Å². The Kier molecular flexibility index (Phi) is 21.8. The number of fused-ring (bicyclic) bond motifs is 20. The molecule has 4 radical (unpaired) electrons. The summed E-state index contributed by atoms with van der Waals surface area (Å²) < 4.78 is 21.4. The molecule has 0 saturated carbocycles. The van der Waals surface area contributed by atoms with Crippen molar-refractivity contribution in [3.63, 3.8) is 0 Å². The van der Waals surface area contributed by atoms with E-state index in [1.54, 1.807) is 12.3 Å². The van der Waals surface area contributed by atoms with E-state index in [4.69, 9.17) is 20.4 Å². The number of rotatable bonds is 0. The quantitative estimate of drug-likeness (QED) is 0.140. The maximum atomic E-state index is 13.6. The summed E-state index contributed by atoms with van der Waals surface area (Å²) in [5.74, 6) is -0.268. The zero-order valence-corrected chi connectivity index (χ0v) is 71.3. The molecule has 0 saturated heterocycles. The third-order valence-electron chi connectivity index (χ3n) is 18.7. The molecular formula is C86H89FIr4N10-4. The summed E-state index contributed by atoms with van der Waals surface area (Å²) in [4.78, 5) is 9.21. The Morgan fingerprint density at radius 2 is 0.802 bits per heavy atom. The van der Waals surface area contributed by atoms with Crippen molar-refractivity contribution in [2.75, 3.05) is 0 Å². The molecule has 0 N–H and O–H groups in total. The van der Waals surface area contributed by atoms with E-state index < -0.39 is 0 Å². The largest absolute Gasteiger partial charge is 0.287 e. The van der Waals surface area contributed by atoms with Gasteiger partial charge in [-0.1, -0.05) is 181 Å². The maximum absolute atomic E-state index is 13.6. The van der Waals surface area contributed by atoms with E-state index in [0.29, 0.717) is 0 Å². The van der Waals surface area contributed by atoms with E-state index in [9.17, 15) is 4.39 Å². The van der Waals surface area contributed by atoms with Gasteiger partial charge in [0.25, 0.3) is 0 Å². The fourth-order valence-corrected chi connectivity index (χ4v) is 13.6. The van der Waals surface area contributed by atoms with Crippen LogP contribution in [0.5, 0.6) is 0 Å². The molecule has 0 aliphatic heterocycles. The molecule has 16 rings (SSSR count). The molecule has 0 unspecified atom stereocenters. The van der Waals surface area contributed by atoms with Crippen LogP contribution in [-0.4, -0.2) is 48.4 Å². The van der Waals surface area contributed by atoms with Crippen molar-refractivity contribution >= 4 is 109 Å². The van der Waals surface area contributed by atoms with E-state index in [1.807, 2.05) is 79.2 Å². The second-order valence-corrected chi connectivity index (χ2v) is 33.5. The normalized spacial score (nSPS) is 12.5. The molecule has 0 atom stereocenters. The van der Waals surface area contributed by atoms with Crippen LogP contribution in [0.3, 0.4) is 0 Å².